The molecule has 0 spiro atoms. The highest BCUT2D eigenvalue weighted by Crippen LogP contribution is 2.32. The summed E-state index contributed by atoms with van der Waals surface area (Å²) in [5.74, 6) is 0. The maximum Gasteiger partial charge on any atom is 0.0474 e. The molecule has 1 unspecified atom stereocenters. The summed E-state index contributed by atoms with van der Waals surface area (Å²) in [6.07, 6.45) is 0. The van der Waals surface area contributed by atoms with Gasteiger partial charge in [-0.05, 0) is 50.1 Å². The van der Waals surface area contributed by atoms with E-state index in [1.165, 1.54) is 11.3 Å². The molecule has 0 aliphatic carbocycles. The van der Waals surface area contributed by atoms with Gasteiger partial charge in [-0.3, -0.25) is 0 Å². The Bertz CT molecular complexity index is 593. The number of benzene rings is 2. The number of halogens is 1. The number of hydrogen-bond donors (Lipinski definition) is 1. The normalized spacial score (nSPS) is 12.2. The van der Waals surface area contributed by atoms with Crippen LogP contribution in [0.5, 0.6) is 0 Å². The van der Waals surface area contributed by atoms with Gasteiger partial charge in [-0.15, -0.1) is 0 Å². The summed E-state index contributed by atoms with van der Waals surface area (Å²) >= 11 is 6.35. The van der Waals surface area contributed by atoms with Crippen molar-refractivity contribution < 1.29 is 0 Å². The Morgan fingerprint density at radius 3 is 2.45 bits per heavy atom. The fourth-order valence-corrected chi connectivity index (χ4v) is 2.76. The van der Waals surface area contributed by atoms with Crippen molar-refractivity contribution in [3.63, 3.8) is 0 Å². The second kappa shape index (κ2) is 6.29. The lowest BCUT2D eigenvalue weighted by molar-refractivity contribution is 0.818. The average molecular weight is 289 g/mol. The molecule has 106 valence electrons. The number of para-hydroxylation sites is 1. The Kier molecular flexibility index (Phi) is 4.69. The van der Waals surface area contributed by atoms with Crippen LogP contribution in [-0.2, 0) is 0 Å². The van der Waals surface area contributed by atoms with Gasteiger partial charge in [0.15, 0.2) is 0 Å². The van der Waals surface area contributed by atoms with Gasteiger partial charge in [-0.25, -0.2) is 0 Å². The zero-order chi connectivity index (χ0) is 14.7. The highest BCUT2D eigenvalue weighted by molar-refractivity contribution is 6.31. The van der Waals surface area contributed by atoms with Gasteiger partial charge in [0.1, 0.15) is 0 Å². The van der Waals surface area contributed by atoms with Crippen LogP contribution in [0.1, 0.15) is 31.0 Å². The van der Waals surface area contributed by atoms with Gasteiger partial charge in [0.05, 0.1) is 0 Å². The largest absolute Gasteiger partial charge is 0.342 e. The van der Waals surface area contributed by atoms with Crippen molar-refractivity contribution >= 4 is 23.0 Å². The first kappa shape index (κ1) is 14.9. The van der Waals surface area contributed by atoms with Crippen molar-refractivity contribution in [2.75, 3.05) is 11.4 Å². The molecule has 0 fully saturated rings. The monoisotopic (exact) mass is 288 g/mol. The van der Waals surface area contributed by atoms with Crippen LogP contribution in [0, 0.1) is 6.92 Å². The molecule has 0 saturated heterocycles. The van der Waals surface area contributed by atoms with E-state index in [1.54, 1.807) is 0 Å². The quantitative estimate of drug-likeness (QED) is 0.873. The molecule has 0 radical (unpaired) electrons. The number of aryl methyl sites for hydroxylation is 1. The topological polar surface area (TPSA) is 29.3 Å². The lowest BCUT2D eigenvalue weighted by Gasteiger charge is -2.26. The van der Waals surface area contributed by atoms with Gasteiger partial charge in [-0.1, -0.05) is 35.9 Å². The summed E-state index contributed by atoms with van der Waals surface area (Å²) in [5.41, 5.74) is 10.4. The molecule has 1 atom stereocenters. The Labute approximate surface area is 126 Å². The summed E-state index contributed by atoms with van der Waals surface area (Å²) in [7, 11) is 0. The van der Waals surface area contributed by atoms with E-state index in [0.29, 0.717) is 0 Å². The molecule has 2 rings (SSSR count). The number of hydrogen-bond acceptors (Lipinski definition) is 2. The smallest absolute Gasteiger partial charge is 0.0474 e. The maximum absolute atomic E-state index is 6.35. The van der Waals surface area contributed by atoms with Crippen molar-refractivity contribution in [1.82, 2.24) is 0 Å². The summed E-state index contributed by atoms with van der Waals surface area (Å²) in [6, 6.07) is 14.4. The van der Waals surface area contributed by atoms with Crippen molar-refractivity contribution in [2.45, 2.75) is 26.8 Å². The first-order chi connectivity index (χ1) is 9.54. The van der Waals surface area contributed by atoms with Gasteiger partial charge < -0.3 is 10.6 Å². The van der Waals surface area contributed by atoms with E-state index in [9.17, 15) is 0 Å². The molecule has 0 aromatic heterocycles. The third-order valence-corrected chi connectivity index (χ3v) is 3.84. The molecule has 2 N–H and O–H groups in total. The fourth-order valence-electron chi connectivity index (χ4n) is 2.41. The minimum atomic E-state index is -0.0508. The molecule has 20 heavy (non-hydrogen) atoms. The van der Waals surface area contributed by atoms with E-state index in [1.807, 2.05) is 19.1 Å². The van der Waals surface area contributed by atoms with Crippen LogP contribution in [0.25, 0.3) is 0 Å². The standard InChI is InChI=1S/C17H21ClN2/c1-4-20(17-8-6-5-7-12(17)2)14-9-10-15(13(3)19)16(18)11-14/h5-11,13H,4,19H2,1-3H3. The number of nitrogens with two attached hydrogens (primary N) is 1. The summed E-state index contributed by atoms with van der Waals surface area (Å²) in [5, 5.41) is 0.726. The molecule has 3 heteroatoms. The molecule has 2 aromatic carbocycles. The first-order valence-corrected chi connectivity index (χ1v) is 7.30. The van der Waals surface area contributed by atoms with Crippen LogP contribution >= 0.6 is 11.6 Å². The van der Waals surface area contributed by atoms with E-state index >= 15 is 0 Å². The van der Waals surface area contributed by atoms with Crippen LogP contribution in [0.2, 0.25) is 5.02 Å². The van der Waals surface area contributed by atoms with Gasteiger partial charge in [0.2, 0.25) is 0 Å². The molecule has 0 aliphatic rings. The van der Waals surface area contributed by atoms with E-state index in [2.05, 4.69) is 49.1 Å². The Morgan fingerprint density at radius 1 is 1.20 bits per heavy atom. The SMILES string of the molecule is CCN(c1ccc(C(C)N)c(Cl)c1)c1ccccc1C. The van der Waals surface area contributed by atoms with Crippen LogP contribution in [0.3, 0.4) is 0 Å². The summed E-state index contributed by atoms with van der Waals surface area (Å²) in [4.78, 5) is 2.26. The maximum atomic E-state index is 6.35. The van der Waals surface area contributed by atoms with E-state index in [0.717, 1.165) is 22.8 Å². The zero-order valence-electron chi connectivity index (χ0n) is 12.2. The predicted octanol–water partition coefficient (Wildman–Crippen LogP) is 4.83. The second-order valence-corrected chi connectivity index (χ2v) is 5.43. The fraction of sp³-hybridized carbons (Fsp3) is 0.294. The molecule has 0 saturated carbocycles. The number of nitrogens with zero attached hydrogens (tertiary/aromatic N) is 1. The molecular formula is C17H21ClN2. The Hall–Kier alpha value is -1.51. The van der Waals surface area contributed by atoms with Crippen LogP contribution in [0.4, 0.5) is 11.4 Å². The Morgan fingerprint density at radius 2 is 1.90 bits per heavy atom. The minimum absolute atomic E-state index is 0.0508. The lowest BCUT2D eigenvalue weighted by Crippen LogP contribution is -2.17. The van der Waals surface area contributed by atoms with Gasteiger partial charge >= 0.3 is 0 Å². The third kappa shape index (κ3) is 2.97. The van der Waals surface area contributed by atoms with Crippen LogP contribution in [-0.4, -0.2) is 6.54 Å². The summed E-state index contributed by atoms with van der Waals surface area (Å²) < 4.78 is 0. The van der Waals surface area contributed by atoms with Crippen molar-refractivity contribution in [1.29, 1.82) is 0 Å². The zero-order valence-corrected chi connectivity index (χ0v) is 13.0. The van der Waals surface area contributed by atoms with Crippen molar-refractivity contribution in [3.05, 3.63) is 58.6 Å². The van der Waals surface area contributed by atoms with E-state index in [4.69, 9.17) is 17.3 Å². The predicted molar refractivity (Wildman–Crippen MR) is 87.9 cm³/mol. The van der Waals surface area contributed by atoms with E-state index < -0.39 is 0 Å². The molecule has 0 heterocycles. The minimum Gasteiger partial charge on any atom is -0.342 e. The molecule has 0 amide bonds. The van der Waals surface area contributed by atoms with Crippen LogP contribution in [0.15, 0.2) is 42.5 Å². The highest BCUT2D eigenvalue weighted by Gasteiger charge is 2.12. The Balaban J connectivity index is 2.43. The van der Waals surface area contributed by atoms with Gasteiger partial charge in [0.25, 0.3) is 0 Å². The van der Waals surface area contributed by atoms with Crippen molar-refractivity contribution in [3.8, 4) is 0 Å². The second-order valence-electron chi connectivity index (χ2n) is 5.03. The van der Waals surface area contributed by atoms with Crippen molar-refractivity contribution in [2.24, 2.45) is 5.73 Å². The molecule has 0 bridgehead atoms. The molecule has 2 nitrogen and oxygen atoms in total. The molecular weight excluding hydrogens is 268 g/mol. The third-order valence-electron chi connectivity index (χ3n) is 3.51. The average Bonchev–Trinajstić information content (AvgIpc) is 2.41. The first-order valence-electron chi connectivity index (χ1n) is 6.92. The molecule has 2 aromatic rings. The molecule has 0 aliphatic heterocycles. The lowest BCUT2D eigenvalue weighted by atomic mass is 10.1. The van der Waals surface area contributed by atoms with E-state index in [-0.39, 0.29) is 6.04 Å². The van der Waals surface area contributed by atoms with Crippen LogP contribution < -0.4 is 10.6 Å². The van der Waals surface area contributed by atoms with Gasteiger partial charge in [-0.2, -0.15) is 0 Å². The number of anilines is 2. The van der Waals surface area contributed by atoms with Gasteiger partial charge in [0, 0.05) is 29.0 Å². The number of rotatable bonds is 4. The highest BCUT2D eigenvalue weighted by atomic mass is 35.5. The summed E-state index contributed by atoms with van der Waals surface area (Å²) in [6.45, 7) is 7.09.